The van der Waals surface area contributed by atoms with Crippen LogP contribution in [-0.2, 0) is 6.42 Å². The molecule has 1 aliphatic carbocycles. The Hall–Kier alpha value is -0.410. The lowest BCUT2D eigenvalue weighted by Gasteiger charge is -2.14. The van der Waals surface area contributed by atoms with Crippen molar-refractivity contribution in [3.63, 3.8) is 0 Å². The van der Waals surface area contributed by atoms with Crippen LogP contribution in [0.4, 0.5) is 4.39 Å². The second kappa shape index (κ2) is 6.67. The van der Waals surface area contributed by atoms with Crippen LogP contribution in [-0.4, -0.2) is 11.2 Å². The monoisotopic (exact) mass is 314 g/mol. The molecule has 0 heterocycles. The predicted molar refractivity (Wildman–Crippen MR) is 75.0 cm³/mol. The molecule has 1 unspecified atom stereocenters. The maximum atomic E-state index is 13.1. The van der Waals surface area contributed by atoms with E-state index in [2.05, 4.69) is 15.9 Å². The summed E-state index contributed by atoms with van der Waals surface area (Å²) in [6.07, 6.45) is 7.43. The second-order valence-electron chi connectivity index (χ2n) is 5.32. The SMILES string of the molecule is OC(CCC1CCCC1)Cc1cc(F)ccc1Br. The minimum atomic E-state index is -0.358. The maximum absolute atomic E-state index is 13.1. The minimum absolute atomic E-state index is 0.240. The molecule has 1 saturated carbocycles. The number of halogens is 2. The van der Waals surface area contributed by atoms with Crippen molar-refractivity contribution in [2.45, 2.75) is 51.0 Å². The molecule has 2 rings (SSSR count). The summed E-state index contributed by atoms with van der Waals surface area (Å²) in [5.74, 6) is 0.562. The number of aliphatic hydroxyl groups excluding tert-OH is 1. The Morgan fingerprint density at radius 3 is 2.78 bits per heavy atom. The van der Waals surface area contributed by atoms with Gasteiger partial charge in [-0.1, -0.05) is 41.6 Å². The van der Waals surface area contributed by atoms with Crippen LogP contribution < -0.4 is 0 Å². The van der Waals surface area contributed by atoms with Crippen LogP contribution in [0.25, 0.3) is 0 Å². The van der Waals surface area contributed by atoms with E-state index in [0.29, 0.717) is 6.42 Å². The molecule has 1 aromatic carbocycles. The quantitative estimate of drug-likeness (QED) is 0.850. The predicted octanol–water partition coefficient (Wildman–Crippen LogP) is 4.46. The summed E-state index contributed by atoms with van der Waals surface area (Å²) in [6, 6.07) is 4.63. The molecule has 1 nitrogen and oxygen atoms in total. The fourth-order valence-corrected chi connectivity index (χ4v) is 3.19. The van der Waals surface area contributed by atoms with E-state index in [1.165, 1.54) is 37.8 Å². The average Bonchev–Trinajstić information content (AvgIpc) is 2.84. The number of benzene rings is 1. The lowest BCUT2D eigenvalue weighted by molar-refractivity contribution is 0.154. The molecule has 18 heavy (non-hydrogen) atoms. The normalized spacial score (nSPS) is 18.2. The summed E-state index contributed by atoms with van der Waals surface area (Å²) in [7, 11) is 0. The highest BCUT2D eigenvalue weighted by molar-refractivity contribution is 9.10. The third-order valence-corrected chi connectivity index (χ3v) is 4.62. The van der Waals surface area contributed by atoms with Crippen LogP contribution in [0.3, 0.4) is 0 Å². The molecule has 0 bridgehead atoms. The standard InChI is InChI=1S/C15H20BrFO/c16-15-8-6-13(17)9-12(15)10-14(18)7-5-11-3-1-2-4-11/h6,8-9,11,14,18H,1-5,7,10H2. The van der Waals surface area contributed by atoms with Gasteiger partial charge < -0.3 is 5.11 Å². The van der Waals surface area contributed by atoms with Crippen molar-refractivity contribution < 1.29 is 9.50 Å². The first-order chi connectivity index (χ1) is 8.65. The second-order valence-corrected chi connectivity index (χ2v) is 6.18. The summed E-state index contributed by atoms with van der Waals surface area (Å²) < 4.78 is 14.0. The van der Waals surface area contributed by atoms with E-state index in [9.17, 15) is 9.50 Å². The Morgan fingerprint density at radius 1 is 1.33 bits per heavy atom. The Balaban J connectivity index is 1.82. The molecule has 3 heteroatoms. The van der Waals surface area contributed by atoms with Gasteiger partial charge in [-0.3, -0.25) is 0 Å². The topological polar surface area (TPSA) is 20.2 Å². The van der Waals surface area contributed by atoms with Crippen LogP contribution >= 0.6 is 15.9 Å². The zero-order valence-electron chi connectivity index (χ0n) is 10.5. The van der Waals surface area contributed by atoms with Gasteiger partial charge in [-0.15, -0.1) is 0 Å². The Labute approximate surface area is 117 Å². The Morgan fingerprint density at radius 2 is 2.06 bits per heavy atom. The maximum Gasteiger partial charge on any atom is 0.123 e. The first-order valence-corrected chi connectivity index (χ1v) is 7.56. The largest absolute Gasteiger partial charge is 0.393 e. The van der Waals surface area contributed by atoms with Crippen molar-refractivity contribution in [3.8, 4) is 0 Å². The summed E-state index contributed by atoms with van der Waals surface area (Å²) in [5, 5.41) is 10.0. The smallest absolute Gasteiger partial charge is 0.123 e. The van der Waals surface area contributed by atoms with Gasteiger partial charge in [-0.25, -0.2) is 4.39 Å². The molecular formula is C15H20BrFO. The third-order valence-electron chi connectivity index (χ3n) is 3.85. The highest BCUT2D eigenvalue weighted by atomic mass is 79.9. The Kier molecular flexibility index (Phi) is 5.19. The van der Waals surface area contributed by atoms with Gasteiger partial charge in [-0.2, -0.15) is 0 Å². The minimum Gasteiger partial charge on any atom is -0.393 e. The molecule has 1 N–H and O–H groups in total. The van der Waals surface area contributed by atoms with Crippen molar-refractivity contribution in [1.29, 1.82) is 0 Å². The average molecular weight is 315 g/mol. The molecule has 0 amide bonds. The van der Waals surface area contributed by atoms with Gasteiger partial charge in [0.25, 0.3) is 0 Å². The van der Waals surface area contributed by atoms with Gasteiger partial charge in [0, 0.05) is 4.47 Å². The van der Waals surface area contributed by atoms with Gasteiger partial charge in [0.05, 0.1) is 6.10 Å². The summed E-state index contributed by atoms with van der Waals surface area (Å²) in [6.45, 7) is 0. The lowest BCUT2D eigenvalue weighted by atomic mass is 9.97. The molecule has 1 aliphatic rings. The fourth-order valence-electron chi connectivity index (χ4n) is 2.78. The fraction of sp³-hybridized carbons (Fsp3) is 0.600. The van der Waals surface area contributed by atoms with E-state index in [0.717, 1.165) is 28.8 Å². The molecule has 100 valence electrons. The van der Waals surface area contributed by atoms with Crippen LogP contribution in [0.2, 0.25) is 0 Å². The molecule has 1 atom stereocenters. The van der Waals surface area contributed by atoms with Crippen molar-refractivity contribution in [2.75, 3.05) is 0 Å². The van der Waals surface area contributed by atoms with Crippen LogP contribution in [0, 0.1) is 11.7 Å². The summed E-state index contributed by atoms with van der Waals surface area (Å²) >= 11 is 3.40. The van der Waals surface area contributed by atoms with E-state index in [-0.39, 0.29) is 11.9 Å². The van der Waals surface area contributed by atoms with Gasteiger partial charge in [0.2, 0.25) is 0 Å². The number of hydrogen-bond acceptors (Lipinski definition) is 1. The van der Waals surface area contributed by atoms with Crippen LogP contribution in [0.15, 0.2) is 22.7 Å². The molecular weight excluding hydrogens is 295 g/mol. The Bertz CT molecular complexity index is 388. The molecule has 0 saturated heterocycles. The van der Waals surface area contributed by atoms with Gasteiger partial charge in [0.1, 0.15) is 5.82 Å². The summed E-state index contributed by atoms with van der Waals surface area (Å²) in [4.78, 5) is 0. The molecule has 0 aromatic heterocycles. The number of hydrogen-bond donors (Lipinski definition) is 1. The molecule has 1 aromatic rings. The highest BCUT2D eigenvalue weighted by Gasteiger charge is 2.17. The van der Waals surface area contributed by atoms with Crippen LogP contribution in [0.5, 0.6) is 0 Å². The zero-order chi connectivity index (χ0) is 13.0. The van der Waals surface area contributed by atoms with Crippen molar-refractivity contribution >= 4 is 15.9 Å². The zero-order valence-corrected chi connectivity index (χ0v) is 12.1. The highest BCUT2D eigenvalue weighted by Crippen LogP contribution is 2.29. The molecule has 0 aliphatic heterocycles. The summed E-state index contributed by atoms with van der Waals surface area (Å²) in [5.41, 5.74) is 0.855. The van der Waals surface area contributed by atoms with Crippen molar-refractivity contribution in [2.24, 2.45) is 5.92 Å². The molecule has 1 fully saturated rings. The number of rotatable bonds is 5. The molecule has 0 spiro atoms. The third kappa shape index (κ3) is 4.06. The van der Waals surface area contributed by atoms with E-state index in [4.69, 9.17) is 0 Å². The lowest BCUT2D eigenvalue weighted by Crippen LogP contribution is -2.12. The molecule has 0 radical (unpaired) electrons. The van der Waals surface area contributed by atoms with Crippen LogP contribution in [0.1, 0.15) is 44.1 Å². The van der Waals surface area contributed by atoms with E-state index in [1.54, 1.807) is 6.07 Å². The van der Waals surface area contributed by atoms with E-state index >= 15 is 0 Å². The van der Waals surface area contributed by atoms with E-state index in [1.807, 2.05) is 0 Å². The first-order valence-electron chi connectivity index (χ1n) is 6.77. The number of aliphatic hydroxyl groups is 1. The first kappa shape index (κ1) is 14.0. The van der Waals surface area contributed by atoms with E-state index < -0.39 is 0 Å². The van der Waals surface area contributed by atoms with Gasteiger partial charge >= 0.3 is 0 Å². The van der Waals surface area contributed by atoms with Crippen molar-refractivity contribution in [1.82, 2.24) is 0 Å². The van der Waals surface area contributed by atoms with Gasteiger partial charge in [-0.05, 0) is 48.9 Å². The van der Waals surface area contributed by atoms with Gasteiger partial charge in [0.15, 0.2) is 0 Å². The van der Waals surface area contributed by atoms with Crippen molar-refractivity contribution in [3.05, 3.63) is 34.1 Å².